The zero-order valence-corrected chi connectivity index (χ0v) is 10.9. The lowest BCUT2D eigenvalue weighted by atomic mass is 10.0. The topological polar surface area (TPSA) is 46.3 Å². The lowest BCUT2D eigenvalue weighted by molar-refractivity contribution is -0.135. The molecule has 1 rings (SSSR count). The molecule has 0 spiro atoms. The van der Waals surface area contributed by atoms with Gasteiger partial charge in [0.05, 0.1) is 5.92 Å². The predicted molar refractivity (Wildman–Crippen MR) is 65.9 cm³/mol. The highest BCUT2D eigenvalue weighted by molar-refractivity contribution is 8.00. The number of rotatable bonds is 2. The maximum Gasteiger partial charge on any atom is 0.227 e. The average molecular weight is 230 g/mol. The number of nitrogens with zero attached hydrogens (tertiary/aromatic N) is 1. The molecule has 2 unspecified atom stereocenters. The van der Waals surface area contributed by atoms with Crippen molar-refractivity contribution in [2.75, 3.05) is 18.8 Å². The van der Waals surface area contributed by atoms with E-state index >= 15 is 0 Å². The highest BCUT2D eigenvalue weighted by atomic mass is 32.2. The summed E-state index contributed by atoms with van der Waals surface area (Å²) in [4.78, 5) is 14.0. The van der Waals surface area contributed by atoms with Gasteiger partial charge in [-0.15, -0.1) is 0 Å². The molecule has 0 aromatic rings. The summed E-state index contributed by atoms with van der Waals surface area (Å²) in [6.07, 6.45) is 0. The van der Waals surface area contributed by atoms with Gasteiger partial charge in [-0.2, -0.15) is 11.8 Å². The van der Waals surface area contributed by atoms with Crippen molar-refractivity contribution in [2.24, 2.45) is 11.7 Å². The number of carbonyl (C=O) groups excluding carboxylic acids is 1. The van der Waals surface area contributed by atoms with E-state index in [9.17, 15) is 4.79 Å². The van der Waals surface area contributed by atoms with Crippen molar-refractivity contribution in [1.29, 1.82) is 0 Å². The number of hydrogen-bond acceptors (Lipinski definition) is 3. The zero-order valence-electron chi connectivity index (χ0n) is 10.1. The van der Waals surface area contributed by atoms with Gasteiger partial charge in [0.2, 0.25) is 5.91 Å². The van der Waals surface area contributed by atoms with Gasteiger partial charge in [0.15, 0.2) is 0 Å². The molecule has 0 bridgehead atoms. The molecule has 0 aromatic carbocycles. The summed E-state index contributed by atoms with van der Waals surface area (Å²) < 4.78 is 0.186. The smallest absolute Gasteiger partial charge is 0.227 e. The minimum atomic E-state index is -0.0658. The van der Waals surface area contributed by atoms with Crippen LogP contribution >= 0.6 is 11.8 Å². The van der Waals surface area contributed by atoms with E-state index in [4.69, 9.17) is 5.73 Å². The maximum absolute atomic E-state index is 12.1. The molecule has 1 fully saturated rings. The Hall–Kier alpha value is -0.220. The van der Waals surface area contributed by atoms with Crippen LogP contribution in [0, 0.1) is 5.92 Å². The Morgan fingerprint density at radius 2 is 2.07 bits per heavy atom. The largest absolute Gasteiger partial charge is 0.340 e. The molecule has 88 valence electrons. The van der Waals surface area contributed by atoms with Crippen LogP contribution in [0.15, 0.2) is 0 Å². The first-order valence-electron chi connectivity index (χ1n) is 5.52. The molecule has 0 aliphatic carbocycles. The Labute approximate surface area is 96.8 Å². The second-order valence-electron chi connectivity index (χ2n) is 5.02. The van der Waals surface area contributed by atoms with Crippen LogP contribution in [0.3, 0.4) is 0 Å². The third-order valence-corrected chi connectivity index (χ3v) is 4.21. The summed E-state index contributed by atoms with van der Waals surface area (Å²) in [6, 6.07) is -0.0600. The molecular formula is C11H22N2OS. The SMILES string of the molecule is CC(N)C(C)C(=O)N1CCSC(C)(C)C1. The molecule has 0 aromatic heterocycles. The van der Waals surface area contributed by atoms with E-state index in [0.717, 1.165) is 18.8 Å². The van der Waals surface area contributed by atoms with E-state index in [2.05, 4.69) is 13.8 Å². The second-order valence-corrected chi connectivity index (χ2v) is 6.82. The van der Waals surface area contributed by atoms with Crippen molar-refractivity contribution in [3.05, 3.63) is 0 Å². The normalized spacial score (nSPS) is 24.7. The third kappa shape index (κ3) is 3.38. The van der Waals surface area contributed by atoms with Gasteiger partial charge in [-0.3, -0.25) is 4.79 Å². The highest BCUT2D eigenvalue weighted by Crippen LogP contribution is 2.30. The molecule has 1 heterocycles. The van der Waals surface area contributed by atoms with Gasteiger partial charge in [0, 0.05) is 29.6 Å². The summed E-state index contributed by atoms with van der Waals surface area (Å²) in [5.74, 6) is 1.17. The van der Waals surface area contributed by atoms with E-state index in [1.165, 1.54) is 0 Å². The van der Waals surface area contributed by atoms with Crippen molar-refractivity contribution in [1.82, 2.24) is 4.90 Å². The van der Waals surface area contributed by atoms with Crippen LogP contribution < -0.4 is 5.73 Å². The van der Waals surface area contributed by atoms with Crippen LogP contribution in [0.2, 0.25) is 0 Å². The first-order chi connectivity index (χ1) is 6.83. The van der Waals surface area contributed by atoms with Gasteiger partial charge < -0.3 is 10.6 Å². The van der Waals surface area contributed by atoms with Crippen molar-refractivity contribution < 1.29 is 4.79 Å². The predicted octanol–water partition coefficient (Wildman–Crippen LogP) is 1.32. The Balaban J connectivity index is 2.60. The molecule has 1 aliphatic rings. The summed E-state index contributed by atoms with van der Waals surface area (Å²) in [5, 5.41) is 0. The van der Waals surface area contributed by atoms with E-state index in [-0.39, 0.29) is 22.6 Å². The van der Waals surface area contributed by atoms with Crippen LogP contribution in [0.4, 0.5) is 0 Å². The fraction of sp³-hybridized carbons (Fsp3) is 0.909. The Kier molecular flexibility index (Phi) is 4.06. The van der Waals surface area contributed by atoms with E-state index in [0.29, 0.717) is 0 Å². The van der Waals surface area contributed by atoms with Crippen molar-refractivity contribution in [2.45, 2.75) is 38.5 Å². The molecule has 1 aliphatic heterocycles. The van der Waals surface area contributed by atoms with Gasteiger partial charge in [-0.1, -0.05) is 6.92 Å². The van der Waals surface area contributed by atoms with E-state index in [1.807, 2.05) is 30.5 Å². The summed E-state index contributed by atoms with van der Waals surface area (Å²) >= 11 is 1.94. The molecule has 1 amide bonds. The van der Waals surface area contributed by atoms with Gasteiger partial charge in [-0.05, 0) is 20.8 Å². The lowest BCUT2D eigenvalue weighted by Gasteiger charge is -2.39. The Morgan fingerprint density at radius 1 is 1.47 bits per heavy atom. The minimum Gasteiger partial charge on any atom is -0.340 e. The first-order valence-corrected chi connectivity index (χ1v) is 6.50. The van der Waals surface area contributed by atoms with Crippen molar-refractivity contribution >= 4 is 17.7 Å². The van der Waals surface area contributed by atoms with Crippen LogP contribution in [0.5, 0.6) is 0 Å². The monoisotopic (exact) mass is 230 g/mol. The molecule has 2 N–H and O–H groups in total. The fourth-order valence-electron chi connectivity index (χ4n) is 1.72. The second kappa shape index (κ2) is 4.74. The Bertz CT molecular complexity index is 241. The van der Waals surface area contributed by atoms with Gasteiger partial charge in [0.1, 0.15) is 0 Å². The molecule has 2 atom stereocenters. The highest BCUT2D eigenvalue weighted by Gasteiger charge is 2.32. The van der Waals surface area contributed by atoms with Crippen LogP contribution in [-0.2, 0) is 4.79 Å². The fourth-order valence-corrected chi connectivity index (χ4v) is 2.83. The minimum absolute atomic E-state index is 0.0600. The molecule has 1 saturated heterocycles. The average Bonchev–Trinajstić information content (AvgIpc) is 2.13. The Morgan fingerprint density at radius 3 is 2.53 bits per heavy atom. The molecule has 3 nitrogen and oxygen atoms in total. The lowest BCUT2D eigenvalue weighted by Crippen LogP contribution is -2.50. The molecule has 0 radical (unpaired) electrons. The summed E-state index contributed by atoms with van der Waals surface area (Å²) in [6.45, 7) is 9.90. The number of thioether (sulfide) groups is 1. The van der Waals surface area contributed by atoms with E-state index in [1.54, 1.807) is 0 Å². The van der Waals surface area contributed by atoms with Crippen LogP contribution in [0.25, 0.3) is 0 Å². The zero-order chi connectivity index (χ0) is 11.6. The first kappa shape index (κ1) is 12.8. The number of nitrogens with two attached hydrogens (primary N) is 1. The standard InChI is InChI=1S/C11H22N2OS/c1-8(9(2)12)10(14)13-5-6-15-11(3,4)7-13/h8-9H,5-7,12H2,1-4H3. The molecule has 4 heteroatoms. The molecule has 15 heavy (non-hydrogen) atoms. The molecule has 0 saturated carbocycles. The third-order valence-electron chi connectivity index (χ3n) is 2.92. The van der Waals surface area contributed by atoms with Gasteiger partial charge in [0.25, 0.3) is 0 Å². The molecular weight excluding hydrogens is 208 g/mol. The van der Waals surface area contributed by atoms with Crippen LogP contribution in [-0.4, -0.2) is 40.4 Å². The number of carbonyl (C=O) groups is 1. The maximum atomic E-state index is 12.1. The summed E-state index contributed by atoms with van der Waals surface area (Å²) in [5.41, 5.74) is 5.76. The number of hydrogen-bond donors (Lipinski definition) is 1. The van der Waals surface area contributed by atoms with Crippen molar-refractivity contribution in [3.63, 3.8) is 0 Å². The van der Waals surface area contributed by atoms with Gasteiger partial charge in [-0.25, -0.2) is 0 Å². The summed E-state index contributed by atoms with van der Waals surface area (Å²) in [7, 11) is 0. The number of amides is 1. The van der Waals surface area contributed by atoms with Crippen LogP contribution in [0.1, 0.15) is 27.7 Å². The van der Waals surface area contributed by atoms with Crippen molar-refractivity contribution in [3.8, 4) is 0 Å². The van der Waals surface area contributed by atoms with E-state index < -0.39 is 0 Å². The van der Waals surface area contributed by atoms with Gasteiger partial charge >= 0.3 is 0 Å². The quantitative estimate of drug-likeness (QED) is 0.778.